The highest BCUT2D eigenvalue weighted by molar-refractivity contribution is 7.89. The summed E-state index contributed by atoms with van der Waals surface area (Å²) in [5, 5.41) is 0. The van der Waals surface area contributed by atoms with Gasteiger partial charge in [0.15, 0.2) is 0 Å². The molecule has 0 saturated carbocycles. The van der Waals surface area contributed by atoms with Crippen LogP contribution >= 0.6 is 0 Å². The highest BCUT2D eigenvalue weighted by Crippen LogP contribution is 2.22. The second kappa shape index (κ2) is 7.44. The number of halogens is 1. The summed E-state index contributed by atoms with van der Waals surface area (Å²) in [5.74, 6) is -0.853. The predicted molar refractivity (Wildman–Crippen MR) is 101 cm³/mol. The van der Waals surface area contributed by atoms with Crippen molar-refractivity contribution in [2.24, 2.45) is 0 Å². The molecule has 2 aromatic rings. The van der Waals surface area contributed by atoms with E-state index in [2.05, 4.69) is 4.57 Å². The van der Waals surface area contributed by atoms with Gasteiger partial charge in [-0.25, -0.2) is 12.8 Å². The molecule has 1 amide bonds. The van der Waals surface area contributed by atoms with E-state index in [1.165, 1.54) is 22.5 Å². The summed E-state index contributed by atoms with van der Waals surface area (Å²) in [4.78, 5) is 14.2. The van der Waals surface area contributed by atoms with E-state index >= 15 is 0 Å². The Morgan fingerprint density at radius 3 is 2.30 bits per heavy atom. The smallest absolute Gasteiger partial charge is 0.255 e. The van der Waals surface area contributed by atoms with Crippen molar-refractivity contribution in [1.29, 1.82) is 0 Å². The largest absolute Gasteiger partial charge is 0.349 e. The van der Waals surface area contributed by atoms with Gasteiger partial charge in [-0.2, -0.15) is 4.31 Å². The van der Waals surface area contributed by atoms with Crippen molar-refractivity contribution >= 4 is 15.9 Å². The zero-order valence-electron chi connectivity index (χ0n) is 15.8. The first-order chi connectivity index (χ1) is 12.8. The maximum atomic E-state index is 13.9. The van der Waals surface area contributed by atoms with Crippen LogP contribution in [0.4, 0.5) is 4.39 Å². The van der Waals surface area contributed by atoms with E-state index < -0.39 is 15.8 Å². The Bertz CT molecular complexity index is 961. The Hall–Kier alpha value is -2.19. The number of carbonyl (C=O) groups excluding carboxylic acids is 1. The second-order valence-corrected chi connectivity index (χ2v) is 8.56. The molecule has 0 spiro atoms. The van der Waals surface area contributed by atoms with E-state index in [-0.39, 0.29) is 37.0 Å². The summed E-state index contributed by atoms with van der Waals surface area (Å²) < 4.78 is 42.6. The van der Waals surface area contributed by atoms with Crippen LogP contribution in [0.1, 0.15) is 28.7 Å². The lowest BCUT2D eigenvalue weighted by Crippen LogP contribution is -2.50. The van der Waals surface area contributed by atoms with Crippen LogP contribution in [0, 0.1) is 19.7 Å². The molecule has 0 N–H and O–H groups in total. The van der Waals surface area contributed by atoms with Crippen molar-refractivity contribution in [3.63, 3.8) is 0 Å². The van der Waals surface area contributed by atoms with E-state index in [1.807, 2.05) is 26.8 Å². The first-order valence-corrected chi connectivity index (χ1v) is 10.4. The van der Waals surface area contributed by atoms with Crippen LogP contribution in [0.25, 0.3) is 0 Å². The summed E-state index contributed by atoms with van der Waals surface area (Å²) in [5.41, 5.74) is 2.60. The Morgan fingerprint density at radius 2 is 1.74 bits per heavy atom. The molecule has 0 bridgehead atoms. The Labute approximate surface area is 159 Å². The van der Waals surface area contributed by atoms with Gasteiger partial charge in [0.2, 0.25) is 10.0 Å². The minimum atomic E-state index is -3.90. The zero-order chi connectivity index (χ0) is 19.8. The Kier molecular flexibility index (Phi) is 5.39. The zero-order valence-corrected chi connectivity index (χ0v) is 16.6. The third kappa shape index (κ3) is 3.51. The minimum absolute atomic E-state index is 0.0919. The highest BCUT2D eigenvalue weighted by Gasteiger charge is 2.32. The molecule has 1 aromatic heterocycles. The summed E-state index contributed by atoms with van der Waals surface area (Å²) in [6.45, 7) is 7.56. The third-order valence-electron chi connectivity index (χ3n) is 5.10. The van der Waals surface area contributed by atoms with E-state index in [9.17, 15) is 17.6 Å². The van der Waals surface area contributed by atoms with Gasteiger partial charge in [0.1, 0.15) is 10.7 Å². The number of aryl methyl sites for hydroxylation is 1. The molecular formula is C19H24FN3O3S. The molecule has 2 heterocycles. The minimum Gasteiger partial charge on any atom is -0.349 e. The molecular weight excluding hydrogens is 369 g/mol. The number of nitrogens with zero attached hydrogens (tertiary/aromatic N) is 3. The highest BCUT2D eigenvalue weighted by atomic mass is 32.2. The number of amides is 1. The predicted octanol–water partition coefficient (Wildman–Crippen LogP) is 2.41. The van der Waals surface area contributed by atoms with Crippen LogP contribution < -0.4 is 0 Å². The van der Waals surface area contributed by atoms with Gasteiger partial charge in [0.25, 0.3) is 5.91 Å². The molecule has 1 aliphatic heterocycles. The number of sulfonamides is 1. The molecule has 8 heteroatoms. The molecule has 1 saturated heterocycles. The van der Waals surface area contributed by atoms with Crippen LogP contribution in [0.3, 0.4) is 0 Å². The lowest BCUT2D eigenvalue weighted by molar-refractivity contribution is 0.0697. The van der Waals surface area contributed by atoms with Crippen LogP contribution in [-0.2, 0) is 16.6 Å². The van der Waals surface area contributed by atoms with Gasteiger partial charge in [0.05, 0.1) is 5.56 Å². The van der Waals surface area contributed by atoms with Crippen LogP contribution in [0.2, 0.25) is 0 Å². The SMILES string of the molecule is CCn1c(C)cc(C(=O)N2CCN(S(=O)(=O)c3ccccc3F)CC2)c1C. The summed E-state index contributed by atoms with van der Waals surface area (Å²) >= 11 is 0. The number of rotatable bonds is 4. The number of carbonyl (C=O) groups is 1. The number of piperazine rings is 1. The maximum Gasteiger partial charge on any atom is 0.255 e. The molecule has 3 rings (SSSR count). The molecule has 0 unspecified atom stereocenters. The molecule has 0 aliphatic carbocycles. The molecule has 1 fully saturated rings. The van der Waals surface area contributed by atoms with E-state index in [1.54, 1.807) is 4.90 Å². The van der Waals surface area contributed by atoms with Gasteiger partial charge in [-0.15, -0.1) is 0 Å². The fourth-order valence-corrected chi connectivity index (χ4v) is 5.09. The van der Waals surface area contributed by atoms with Gasteiger partial charge in [-0.1, -0.05) is 12.1 Å². The van der Waals surface area contributed by atoms with Crippen molar-refractivity contribution in [1.82, 2.24) is 13.8 Å². The average molecular weight is 393 g/mol. The van der Waals surface area contributed by atoms with Crippen molar-refractivity contribution in [3.05, 3.63) is 53.1 Å². The Balaban J connectivity index is 1.74. The van der Waals surface area contributed by atoms with Crippen molar-refractivity contribution in [2.45, 2.75) is 32.2 Å². The maximum absolute atomic E-state index is 13.9. The lowest BCUT2D eigenvalue weighted by atomic mass is 10.2. The molecule has 6 nitrogen and oxygen atoms in total. The van der Waals surface area contributed by atoms with Gasteiger partial charge in [-0.05, 0) is 39.0 Å². The van der Waals surface area contributed by atoms with Crippen molar-refractivity contribution < 1.29 is 17.6 Å². The molecule has 27 heavy (non-hydrogen) atoms. The average Bonchev–Trinajstić information content (AvgIpc) is 2.95. The van der Waals surface area contributed by atoms with Crippen molar-refractivity contribution in [2.75, 3.05) is 26.2 Å². The third-order valence-corrected chi connectivity index (χ3v) is 7.03. The summed E-state index contributed by atoms with van der Waals surface area (Å²) in [6.07, 6.45) is 0. The molecule has 146 valence electrons. The Morgan fingerprint density at radius 1 is 1.11 bits per heavy atom. The van der Waals surface area contributed by atoms with Gasteiger partial charge in [0, 0.05) is 44.1 Å². The molecule has 0 atom stereocenters. The van der Waals surface area contributed by atoms with E-state index in [0.717, 1.165) is 24.0 Å². The standard InChI is InChI=1S/C19H24FN3O3S/c1-4-23-14(2)13-16(15(23)3)19(24)21-9-11-22(12-10-21)27(25,26)18-8-6-5-7-17(18)20/h5-8,13H,4,9-12H2,1-3H3. The number of benzene rings is 1. The van der Waals surface area contributed by atoms with E-state index in [4.69, 9.17) is 0 Å². The van der Waals surface area contributed by atoms with Gasteiger partial charge < -0.3 is 9.47 Å². The normalized spacial score (nSPS) is 15.9. The number of aromatic nitrogens is 1. The molecule has 0 radical (unpaired) electrons. The fourth-order valence-electron chi connectivity index (χ4n) is 3.60. The molecule has 1 aliphatic rings. The number of hydrogen-bond acceptors (Lipinski definition) is 3. The van der Waals surface area contributed by atoms with Crippen molar-refractivity contribution in [3.8, 4) is 0 Å². The monoisotopic (exact) mass is 393 g/mol. The molecule has 1 aromatic carbocycles. The lowest BCUT2D eigenvalue weighted by Gasteiger charge is -2.34. The van der Waals surface area contributed by atoms with Gasteiger partial charge >= 0.3 is 0 Å². The first kappa shape index (κ1) is 19.6. The summed E-state index contributed by atoms with van der Waals surface area (Å²) in [6, 6.07) is 7.23. The summed E-state index contributed by atoms with van der Waals surface area (Å²) in [7, 11) is -3.90. The van der Waals surface area contributed by atoms with E-state index in [0.29, 0.717) is 5.56 Å². The number of hydrogen-bond donors (Lipinski definition) is 0. The fraction of sp³-hybridized carbons (Fsp3) is 0.421. The van der Waals surface area contributed by atoms with Gasteiger partial charge in [-0.3, -0.25) is 4.79 Å². The van der Waals surface area contributed by atoms with Crippen LogP contribution in [-0.4, -0.2) is 54.3 Å². The van der Waals surface area contributed by atoms with Crippen LogP contribution in [0.15, 0.2) is 35.2 Å². The topological polar surface area (TPSA) is 62.6 Å². The first-order valence-electron chi connectivity index (χ1n) is 8.98. The van der Waals surface area contributed by atoms with Crippen LogP contribution in [0.5, 0.6) is 0 Å². The second-order valence-electron chi connectivity index (χ2n) is 6.66. The quantitative estimate of drug-likeness (QED) is 0.801.